The molecule has 0 bridgehead atoms. The molecule has 3 N–H and O–H groups in total. The fourth-order valence-corrected chi connectivity index (χ4v) is 4.95. The number of hydrogen-bond donors (Lipinski definition) is 3. The molecular weight excluding hydrogens is 489 g/mol. The number of hydrogen-bond acceptors (Lipinski definition) is 3. The van der Waals surface area contributed by atoms with Gasteiger partial charge in [0, 0.05) is 17.2 Å². The summed E-state index contributed by atoms with van der Waals surface area (Å²) in [5.74, 6) is -2.15. The Bertz CT molecular complexity index is 1420. The third kappa shape index (κ3) is 4.64. The van der Waals surface area contributed by atoms with Crippen LogP contribution in [0.5, 0.6) is 0 Å². The molecule has 1 aliphatic carbocycles. The highest BCUT2D eigenvalue weighted by molar-refractivity contribution is 6.32. The molecule has 4 nitrogen and oxygen atoms in total. The summed E-state index contributed by atoms with van der Waals surface area (Å²) >= 11 is 6.52. The molecule has 0 amide bonds. The number of carbonyl (C=O) groups is 1. The molecule has 0 aromatic heterocycles. The first-order valence-electron chi connectivity index (χ1n) is 11.5. The molecule has 2 aliphatic rings. The molecular formula is C28H22ClF3N2O2. The number of allylic oxidation sites excluding steroid dienone is 1. The summed E-state index contributed by atoms with van der Waals surface area (Å²) in [6, 6.07) is 14.1. The Balaban J connectivity index is 1.77. The maximum absolute atomic E-state index is 15.1. The van der Waals surface area contributed by atoms with E-state index in [0.29, 0.717) is 33.5 Å². The Morgan fingerprint density at radius 1 is 1.03 bits per heavy atom. The number of rotatable bonds is 6. The van der Waals surface area contributed by atoms with E-state index >= 15 is 4.39 Å². The molecule has 1 aliphatic heterocycles. The Hall–Kier alpha value is -3.55. The predicted octanol–water partition coefficient (Wildman–Crippen LogP) is 7.37. The number of hydrazine groups is 1. The molecule has 3 aromatic carbocycles. The van der Waals surface area contributed by atoms with Crippen LogP contribution in [0, 0.1) is 17.6 Å². The van der Waals surface area contributed by atoms with Crippen LogP contribution in [0.2, 0.25) is 5.02 Å². The van der Waals surface area contributed by atoms with Crippen LogP contribution >= 0.6 is 11.6 Å². The number of nitrogens with one attached hydrogen (secondary N) is 2. The van der Waals surface area contributed by atoms with Crippen molar-refractivity contribution in [2.45, 2.75) is 25.6 Å². The summed E-state index contributed by atoms with van der Waals surface area (Å²) < 4.78 is 43.6. The Labute approximate surface area is 211 Å². The van der Waals surface area contributed by atoms with Gasteiger partial charge in [-0.3, -0.25) is 0 Å². The molecule has 1 heterocycles. The number of fused-ring (bicyclic) bond motifs is 1. The van der Waals surface area contributed by atoms with Crippen LogP contribution in [-0.4, -0.2) is 11.1 Å². The van der Waals surface area contributed by atoms with Gasteiger partial charge in [0.15, 0.2) is 6.30 Å². The van der Waals surface area contributed by atoms with Crippen molar-refractivity contribution in [3.63, 3.8) is 0 Å². The van der Waals surface area contributed by atoms with Crippen molar-refractivity contribution in [3.8, 4) is 0 Å². The van der Waals surface area contributed by atoms with Crippen molar-refractivity contribution in [1.82, 2.24) is 5.43 Å². The van der Waals surface area contributed by atoms with Gasteiger partial charge in [-0.15, -0.1) is 0 Å². The van der Waals surface area contributed by atoms with Crippen molar-refractivity contribution < 1.29 is 23.1 Å². The van der Waals surface area contributed by atoms with E-state index in [1.165, 1.54) is 30.3 Å². The number of carboxylic acids is 1. The number of aliphatic carboxylic acids is 1. The molecule has 0 saturated heterocycles. The van der Waals surface area contributed by atoms with Crippen LogP contribution < -0.4 is 10.9 Å². The lowest BCUT2D eigenvalue weighted by molar-refractivity contribution is -0.131. The topological polar surface area (TPSA) is 61.4 Å². The van der Waals surface area contributed by atoms with Crippen molar-refractivity contribution in [1.29, 1.82) is 0 Å². The fraction of sp³-hybridized carbons (Fsp3) is 0.179. The highest BCUT2D eigenvalue weighted by atomic mass is 35.5. The first kappa shape index (κ1) is 24.2. The fourth-order valence-electron chi connectivity index (χ4n) is 4.68. The van der Waals surface area contributed by atoms with Crippen LogP contribution in [0.4, 0.5) is 18.9 Å². The van der Waals surface area contributed by atoms with Crippen molar-refractivity contribution in [3.05, 3.63) is 105 Å². The van der Waals surface area contributed by atoms with Crippen LogP contribution in [0.1, 0.15) is 53.4 Å². The largest absolute Gasteiger partial charge is 0.478 e. The summed E-state index contributed by atoms with van der Waals surface area (Å²) in [6.07, 6.45) is 3.42. The van der Waals surface area contributed by atoms with Crippen LogP contribution in [0.3, 0.4) is 0 Å². The summed E-state index contributed by atoms with van der Waals surface area (Å²) in [4.78, 5) is 10.9. The van der Waals surface area contributed by atoms with Crippen molar-refractivity contribution >= 4 is 40.5 Å². The number of alkyl halides is 1. The average molecular weight is 511 g/mol. The SMILES string of the molecule is O=C(O)/C=C/c1ccc(/C(=C(\c2ccc(F)cc2Cl)C2CCC2)c2ccc3c(c2)C(F)NN3)cc1F. The molecule has 0 radical (unpaired) electrons. The molecule has 1 fully saturated rings. The van der Waals surface area contributed by atoms with Gasteiger partial charge in [0.1, 0.15) is 11.6 Å². The first-order valence-corrected chi connectivity index (χ1v) is 11.9. The first-order chi connectivity index (χ1) is 17.3. The number of anilines is 1. The molecule has 36 heavy (non-hydrogen) atoms. The van der Waals surface area contributed by atoms with E-state index in [-0.39, 0.29) is 16.5 Å². The van der Waals surface area contributed by atoms with Gasteiger partial charge in [-0.05, 0) is 83.0 Å². The van der Waals surface area contributed by atoms with Gasteiger partial charge in [-0.25, -0.2) is 23.4 Å². The lowest BCUT2D eigenvalue weighted by Crippen LogP contribution is -2.15. The second-order valence-corrected chi connectivity index (χ2v) is 9.29. The zero-order valence-corrected chi connectivity index (χ0v) is 19.8. The van der Waals surface area contributed by atoms with E-state index in [2.05, 4.69) is 10.9 Å². The molecule has 184 valence electrons. The quantitative estimate of drug-likeness (QED) is 0.184. The standard InChI is InChI=1S/C28H22ClF3N2O2/c29-22-14-19(30)8-9-20(22)27(16-2-1-3-16)26(17-6-10-24-21(12-17)28(32)34-33-24)18-5-4-15(23(31)13-18)7-11-25(35)36/h4-14,16,28,33-34H,1-3H2,(H,35,36)/b11-7+,27-26-. The zero-order chi connectivity index (χ0) is 25.4. The Morgan fingerprint density at radius 3 is 2.44 bits per heavy atom. The van der Waals surface area contributed by atoms with Crippen molar-refractivity contribution in [2.75, 3.05) is 5.43 Å². The van der Waals surface area contributed by atoms with E-state index in [1.807, 2.05) is 6.07 Å². The number of halogens is 4. The van der Waals surface area contributed by atoms with Gasteiger partial charge in [0.2, 0.25) is 0 Å². The van der Waals surface area contributed by atoms with E-state index in [0.717, 1.165) is 30.9 Å². The summed E-state index contributed by atoms with van der Waals surface area (Å²) in [5, 5.41) is 9.14. The van der Waals surface area contributed by atoms with Gasteiger partial charge >= 0.3 is 5.97 Å². The third-order valence-electron chi connectivity index (χ3n) is 6.65. The van der Waals surface area contributed by atoms with Gasteiger partial charge in [0.25, 0.3) is 0 Å². The van der Waals surface area contributed by atoms with Crippen LogP contribution in [0.25, 0.3) is 17.2 Å². The second kappa shape index (κ2) is 9.84. The van der Waals surface area contributed by atoms with Crippen LogP contribution in [-0.2, 0) is 4.79 Å². The van der Waals surface area contributed by atoms with Gasteiger partial charge in [0.05, 0.1) is 10.7 Å². The minimum atomic E-state index is -1.41. The lowest BCUT2D eigenvalue weighted by atomic mass is 9.73. The molecule has 1 saturated carbocycles. The summed E-state index contributed by atoms with van der Waals surface area (Å²) in [6.45, 7) is 0. The minimum Gasteiger partial charge on any atom is -0.478 e. The lowest BCUT2D eigenvalue weighted by Gasteiger charge is -2.32. The molecule has 1 atom stereocenters. The molecule has 3 aromatic rings. The zero-order valence-electron chi connectivity index (χ0n) is 19.0. The van der Waals surface area contributed by atoms with Gasteiger partial charge < -0.3 is 10.5 Å². The highest BCUT2D eigenvalue weighted by Gasteiger charge is 2.30. The predicted molar refractivity (Wildman–Crippen MR) is 135 cm³/mol. The van der Waals surface area contributed by atoms with E-state index in [1.54, 1.807) is 24.3 Å². The molecule has 8 heteroatoms. The monoisotopic (exact) mass is 510 g/mol. The summed E-state index contributed by atoms with van der Waals surface area (Å²) in [7, 11) is 0. The summed E-state index contributed by atoms with van der Waals surface area (Å²) in [5.41, 5.74) is 9.83. The van der Waals surface area contributed by atoms with Crippen molar-refractivity contribution in [2.24, 2.45) is 5.92 Å². The van der Waals surface area contributed by atoms with Gasteiger partial charge in [-0.1, -0.05) is 42.3 Å². The Morgan fingerprint density at radius 2 is 1.78 bits per heavy atom. The van der Waals surface area contributed by atoms with E-state index in [4.69, 9.17) is 16.7 Å². The smallest absolute Gasteiger partial charge is 0.328 e. The maximum Gasteiger partial charge on any atom is 0.328 e. The third-order valence-corrected chi connectivity index (χ3v) is 6.96. The molecule has 0 spiro atoms. The number of benzene rings is 3. The molecule has 1 unspecified atom stereocenters. The maximum atomic E-state index is 15.1. The van der Waals surface area contributed by atoms with Gasteiger partial charge in [-0.2, -0.15) is 0 Å². The average Bonchev–Trinajstić information content (AvgIpc) is 3.17. The van der Waals surface area contributed by atoms with Crippen LogP contribution in [0.15, 0.2) is 60.7 Å². The normalized spacial score (nSPS) is 17.9. The number of carboxylic acid groups (broad SMARTS) is 1. The van der Waals surface area contributed by atoms with E-state index in [9.17, 15) is 13.6 Å². The molecule has 5 rings (SSSR count). The highest BCUT2D eigenvalue weighted by Crippen LogP contribution is 2.47. The second-order valence-electron chi connectivity index (χ2n) is 8.88. The van der Waals surface area contributed by atoms with E-state index < -0.39 is 23.9 Å². The Kier molecular flexibility index (Phi) is 6.60. The minimum absolute atomic E-state index is 0.100.